The van der Waals surface area contributed by atoms with Crippen LogP contribution < -0.4 is 11.1 Å². The number of fused-ring (bicyclic) bond motifs is 1. The number of thiophene rings is 1. The minimum absolute atomic E-state index is 0.451. The minimum Gasteiger partial charge on any atom is -0.377 e. The second-order valence-corrected chi connectivity index (χ2v) is 8.13. The third-order valence-electron chi connectivity index (χ3n) is 4.39. The number of hydrogen-bond acceptors (Lipinski definition) is 6. The summed E-state index contributed by atoms with van der Waals surface area (Å²) in [6.45, 7) is 12.0. The van der Waals surface area contributed by atoms with E-state index in [0.717, 1.165) is 35.6 Å². The molecule has 1 unspecified atom stereocenters. The molecule has 26 heavy (non-hydrogen) atoms. The van der Waals surface area contributed by atoms with E-state index in [-0.39, 0.29) is 0 Å². The van der Waals surface area contributed by atoms with Crippen LogP contribution in [0.3, 0.4) is 0 Å². The Kier molecular flexibility index (Phi) is 8.00. The summed E-state index contributed by atoms with van der Waals surface area (Å²) in [7, 11) is 0. The molecule has 0 saturated heterocycles. The molecule has 3 heterocycles. The lowest BCUT2D eigenvalue weighted by atomic mass is 10.0. The van der Waals surface area contributed by atoms with Gasteiger partial charge in [0, 0.05) is 22.1 Å². The van der Waals surface area contributed by atoms with Crippen molar-refractivity contribution in [3.8, 4) is 0 Å². The Morgan fingerprint density at radius 3 is 2.69 bits per heavy atom. The summed E-state index contributed by atoms with van der Waals surface area (Å²) in [4.78, 5) is 10.7. The maximum Gasteiger partial charge on any atom is 0.112 e. The fraction of sp³-hybridized carbons (Fsp3) is 0.500. The summed E-state index contributed by atoms with van der Waals surface area (Å²) in [6.07, 6.45) is 3.85. The standard InChI is InChI=1S/C18H24N4S2.C2H6/c1-4-11(2)13-9-14(21-10-16-20-7-8-23-16)18-17(22-13)12(3)15(24-18)5-6-19;1-2/h7-9,11H,4-6,10,19H2,1-3H3,(H,21,22);1-2H3. The van der Waals surface area contributed by atoms with Crippen molar-refractivity contribution in [3.05, 3.63) is 38.8 Å². The second-order valence-electron chi connectivity index (χ2n) is 6.05. The monoisotopic (exact) mass is 390 g/mol. The summed E-state index contributed by atoms with van der Waals surface area (Å²) in [5.74, 6) is 0.451. The smallest absolute Gasteiger partial charge is 0.112 e. The first-order valence-corrected chi connectivity index (χ1v) is 11.1. The highest BCUT2D eigenvalue weighted by Gasteiger charge is 2.16. The topological polar surface area (TPSA) is 63.8 Å². The summed E-state index contributed by atoms with van der Waals surface area (Å²) >= 11 is 3.49. The van der Waals surface area contributed by atoms with Crippen molar-refractivity contribution in [1.29, 1.82) is 0 Å². The van der Waals surface area contributed by atoms with E-state index in [1.54, 1.807) is 11.3 Å². The molecule has 0 bridgehead atoms. The molecule has 0 aliphatic heterocycles. The first kappa shape index (κ1) is 20.8. The first-order chi connectivity index (χ1) is 12.6. The van der Waals surface area contributed by atoms with Gasteiger partial charge in [-0.05, 0) is 43.9 Å². The summed E-state index contributed by atoms with van der Waals surface area (Å²) < 4.78 is 1.24. The van der Waals surface area contributed by atoms with Crippen molar-refractivity contribution in [2.24, 2.45) is 5.73 Å². The van der Waals surface area contributed by atoms with Crippen LogP contribution in [-0.2, 0) is 13.0 Å². The molecular formula is C20H30N4S2. The van der Waals surface area contributed by atoms with Gasteiger partial charge in [-0.2, -0.15) is 0 Å². The van der Waals surface area contributed by atoms with Crippen molar-refractivity contribution in [3.63, 3.8) is 0 Å². The lowest BCUT2D eigenvalue weighted by Crippen LogP contribution is -2.03. The zero-order valence-electron chi connectivity index (χ0n) is 16.4. The van der Waals surface area contributed by atoms with Gasteiger partial charge in [0.15, 0.2) is 0 Å². The zero-order chi connectivity index (χ0) is 19.1. The third-order valence-corrected chi connectivity index (χ3v) is 6.55. The number of pyridine rings is 1. The largest absolute Gasteiger partial charge is 0.377 e. The van der Waals surface area contributed by atoms with Crippen molar-refractivity contribution >= 4 is 38.6 Å². The van der Waals surface area contributed by atoms with Gasteiger partial charge in [0.1, 0.15) is 5.01 Å². The van der Waals surface area contributed by atoms with E-state index in [1.165, 1.54) is 20.8 Å². The molecule has 0 aliphatic carbocycles. The van der Waals surface area contributed by atoms with Crippen molar-refractivity contribution < 1.29 is 0 Å². The van der Waals surface area contributed by atoms with Crippen molar-refractivity contribution in [2.75, 3.05) is 11.9 Å². The lowest BCUT2D eigenvalue weighted by molar-refractivity contribution is 0.712. The van der Waals surface area contributed by atoms with Crippen LogP contribution in [0.4, 0.5) is 5.69 Å². The van der Waals surface area contributed by atoms with Crippen molar-refractivity contribution in [1.82, 2.24) is 9.97 Å². The van der Waals surface area contributed by atoms with E-state index in [9.17, 15) is 0 Å². The Morgan fingerprint density at radius 1 is 1.31 bits per heavy atom. The molecule has 0 aromatic carbocycles. The number of aryl methyl sites for hydroxylation is 1. The van der Waals surface area contributed by atoms with E-state index < -0.39 is 0 Å². The van der Waals surface area contributed by atoms with Gasteiger partial charge >= 0.3 is 0 Å². The van der Waals surface area contributed by atoms with Gasteiger partial charge in [0.2, 0.25) is 0 Å². The number of nitrogens with two attached hydrogens (primary N) is 1. The van der Waals surface area contributed by atoms with Crippen LogP contribution in [0.15, 0.2) is 17.6 Å². The van der Waals surface area contributed by atoms with E-state index in [4.69, 9.17) is 10.7 Å². The highest BCUT2D eigenvalue weighted by atomic mass is 32.1. The van der Waals surface area contributed by atoms with Crippen LogP contribution in [0.1, 0.15) is 61.2 Å². The van der Waals surface area contributed by atoms with Crippen LogP contribution >= 0.6 is 22.7 Å². The molecule has 3 rings (SSSR count). The number of aromatic nitrogens is 2. The van der Waals surface area contributed by atoms with Gasteiger partial charge < -0.3 is 11.1 Å². The molecule has 3 N–H and O–H groups in total. The molecule has 0 aliphatic rings. The summed E-state index contributed by atoms with van der Waals surface area (Å²) in [5.41, 5.74) is 10.5. The zero-order valence-corrected chi connectivity index (χ0v) is 18.1. The molecule has 4 nitrogen and oxygen atoms in total. The van der Waals surface area contributed by atoms with Gasteiger partial charge in [0.25, 0.3) is 0 Å². The quantitative estimate of drug-likeness (QED) is 0.542. The highest BCUT2D eigenvalue weighted by molar-refractivity contribution is 7.19. The maximum atomic E-state index is 5.78. The molecule has 142 valence electrons. The summed E-state index contributed by atoms with van der Waals surface area (Å²) in [5, 5.41) is 6.69. The maximum absolute atomic E-state index is 5.78. The van der Waals surface area contributed by atoms with E-state index in [1.807, 2.05) is 36.8 Å². The van der Waals surface area contributed by atoms with Gasteiger partial charge in [-0.3, -0.25) is 4.98 Å². The molecule has 0 fully saturated rings. The van der Waals surface area contributed by atoms with E-state index >= 15 is 0 Å². The second kappa shape index (κ2) is 10.00. The molecule has 0 spiro atoms. The lowest BCUT2D eigenvalue weighted by Gasteiger charge is -2.12. The Morgan fingerprint density at radius 2 is 2.08 bits per heavy atom. The SMILES string of the molecule is CC.CCC(C)c1cc(NCc2nccs2)c2sc(CCN)c(C)c2n1. The van der Waals surface area contributed by atoms with Crippen LogP contribution in [-0.4, -0.2) is 16.5 Å². The van der Waals surface area contributed by atoms with E-state index in [2.05, 4.69) is 37.1 Å². The molecule has 0 saturated carbocycles. The molecule has 0 radical (unpaired) electrons. The van der Waals surface area contributed by atoms with Crippen LogP contribution in [0.5, 0.6) is 0 Å². The van der Waals surface area contributed by atoms with E-state index in [0.29, 0.717) is 12.5 Å². The predicted octanol–water partition coefficient (Wildman–Crippen LogP) is 5.71. The molecule has 3 aromatic rings. The van der Waals surface area contributed by atoms with Crippen molar-refractivity contribution in [2.45, 2.75) is 59.9 Å². The molecule has 3 aromatic heterocycles. The summed E-state index contributed by atoms with van der Waals surface area (Å²) in [6, 6.07) is 2.21. The van der Waals surface area contributed by atoms with Gasteiger partial charge in [-0.15, -0.1) is 22.7 Å². The van der Waals surface area contributed by atoms with Gasteiger partial charge in [-0.1, -0.05) is 27.7 Å². The van der Waals surface area contributed by atoms with Crippen LogP contribution in [0.2, 0.25) is 0 Å². The number of hydrogen-bond donors (Lipinski definition) is 2. The fourth-order valence-electron chi connectivity index (χ4n) is 2.72. The van der Waals surface area contributed by atoms with Crippen LogP contribution in [0, 0.1) is 6.92 Å². The fourth-order valence-corrected chi connectivity index (χ4v) is 4.52. The number of rotatable bonds is 7. The number of nitrogens with one attached hydrogen (secondary N) is 1. The Bertz CT molecular complexity index is 809. The highest BCUT2D eigenvalue weighted by Crippen LogP contribution is 2.37. The molecule has 0 amide bonds. The normalized spacial score (nSPS) is 11.9. The molecule has 6 heteroatoms. The number of nitrogens with zero attached hydrogens (tertiary/aromatic N) is 2. The van der Waals surface area contributed by atoms with Crippen LogP contribution in [0.25, 0.3) is 10.2 Å². The predicted molar refractivity (Wildman–Crippen MR) is 117 cm³/mol. The number of anilines is 1. The van der Waals surface area contributed by atoms with Gasteiger partial charge in [0.05, 0.1) is 22.4 Å². The average molecular weight is 391 g/mol. The first-order valence-electron chi connectivity index (χ1n) is 9.39. The molecular weight excluding hydrogens is 360 g/mol. The average Bonchev–Trinajstić information content (AvgIpc) is 3.30. The Labute approximate surface area is 164 Å². The Hall–Kier alpha value is -1.50. The minimum atomic E-state index is 0.451. The third kappa shape index (κ3) is 4.61. The Balaban J connectivity index is 0.00000117. The van der Waals surface area contributed by atoms with Gasteiger partial charge in [-0.25, -0.2) is 4.98 Å². The molecule has 1 atom stereocenters. The number of thiazole rings is 1.